The summed E-state index contributed by atoms with van der Waals surface area (Å²) >= 11 is 4.97. The molecule has 8 heteroatoms. The van der Waals surface area contributed by atoms with Gasteiger partial charge in [0.15, 0.2) is 5.16 Å². The number of methoxy groups -OCH3 is 1. The predicted octanol–water partition coefficient (Wildman–Crippen LogP) is 6.00. The number of thioether (sulfide) groups is 1. The second-order valence-corrected chi connectivity index (χ2v) is 9.19. The molecule has 2 aromatic heterocycles. The summed E-state index contributed by atoms with van der Waals surface area (Å²) < 4.78 is 14.0. The second kappa shape index (κ2) is 8.88. The zero-order chi connectivity index (χ0) is 22.1. The van der Waals surface area contributed by atoms with Gasteiger partial charge in [-0.05, 0) is 51.1 Å². The first-order valence-electron chi connectivity index (χ1n) is 9.83. The number of hydrogen-bond donors (Lipinski definition) is 0. The first-order chi connectivity index (χ1) is 14.9. The number of halogens is 1. The molecule has 0 spiro atoms. The van der Waals surface area contributed by atoms with Gasteiger partial charge in [0, 0.05) is 16.3 Å². The van der Waals surface area contributed by atoms with Crippen LogP contribution in [0, 0.1) is 6.92 Å². The molecule has 2 aromatic carbocycles. The molecular formula is C23H22BrN3O3S. The van der Waals surface area contributed by atoms with E-state index in [0.29, 0.717) is 33.5 Å². The number of oxazole rings is 1. The summed E-state index contributed by atoms with van der Waals surface area (Å²) in [5.74, 6) is 2.44. The number of aryl methyl sites for hydroxylation is 1. The average molecular weight is 500 g/mol. The molecule has 6 nitrogen and oxygen atoms in total. The smallest absolute Gasteiger partial charge is 0.262 e. The van der Waals surface area contributed by atoms with Crippen molar-refractivity contribution >= 4 is 38.6 Å². The zero-order valence-corrected chi connectivity index (χ0v) is 20.1. The summed E-state index contributed by atoms with van der Waals surface area (Å²) in [6.45, 7) is 5.86. The molecule has 4 aromatic rings. The molecule has 0 saturated carbocycles. The molecule has 0 radical (unpaired) electrons. The van der Waals surface area contributed by atoms with Gasteiger partial charge in [-0.25, -0.2) is 9.97 Å². The molecule has 31 heavy (non-hydrogen) atoms. The molecule has 0 aliphatic heterocycles. The third-order valence-corrected chi connectivity index (χ3v) is 6.37. The molecule has 0 amide bonds. The van der Waals surface area contributed by atoms with Gasteiger partial charge in [0.25, 0.3) is 5.56 Å². The van der Waals surface area contributed by atoms with E-state index in [4.69, 9.17) is 19.1 Å². The van der Waals surface area contributed by atoms with Crippen molar-refractivity contribution in [2.45, 2.75) is 37.7 Å². The quantitative estimate of drug-likeness (QED) is 0.239. The van der Waals surface area contributed by atoms with Crippen LogP contribution in [0.4, 0.5) is 0 Å². The van der Waals surface area contributed by atoms with Crippen molar-refractivity contribution < 1.29 is 9.15 Å². The fourth-order valence-electron chi connectivity index (χ4n) is 3.34. The Morgan fingerprint density at radius 2 is 1.97 bits per heavy atom. The van der Waals surface area contributed by atoms with Gasteiger partial charge in [-0.3, -0.25) is 9.36 Å². The Labute approximate surface area is 192 Å². The van der Waals surface area contributed by atoms with E-state index in [1.165, 1.54) is 11.8 Å². The summed E-state index contributed by atoms with van der Waals surface area (Å²) in [5, 5.41) is 1.30. The van der Waals surface area contributed by atoms with Crippen LogP contribution < -0.4 is 10.3 Å². The Kier molecular flexibility index (Phi) is 6.20. The maximum Gasteiger partial charge on any atom is 0.262 e. The number of benzene rings is 2. The lowest BCUT2D eigenvalue weighted by Gasteiger charge is -2.15. The first-order valence-corrected chi connectivity index (χ1v) is 11.6. The number of fused-ring (bicyclic) bond motifs is 1. The molecule has 0 aliphatic rings. The lowest BCUT2D eigenvalue weighted by atomic mass is 10.2. The molecular weight excluding hydrogens is 478 g/mol. The molecule has 0 fully saturated rings. The van der Waals surface area contributed by atoms with Crippen molar-refractivity contribution in [3.05, 3.63) is 68.7 Å². The Balaban J connectivity index is 1.68. The highest BCUT2D eigenvalue weighted by Gasteiger charge is 2.18. The van der Waals surface area contributed by atoms with Crippen molar-refractivity contribution in [3.63, 3.8) is 0 Å². The third-order valence-electron chi connectivity index (χ3n) is 4.91. The number of rotatable bonds is 6. The number of hydrogen-bond acceptors (Lipinski definition) is 6. The van der Waals surface area contributed by atoms with Crippen molar-refractivity contribution in [3.8, 4) is 17.2 Å². The Morgan fingerprint density at radius 1 is 1.19 bits per heavy atom. The minimum atomic E-state index is -0.0282. The number of nitrogens with zero attached hydrogens (tertiary/aromatic N) is 3. The topological polar surface area (TPSA) is 70.2 Å². The number of ether oxygens (including phenoxy) is 1. The van der Waals surface area contributed by atoms with Crippen LogP contribution in [0.3, 0.4) is 0 Å². The van der Waals surface area contributed by atoms with Crippen LogP contribution in [0.1, 0.15) is 31.3 Å². The highest BCUT2D eigenvalue weighted by Crippen LogP contribution is 2.34. The van der Waals surface area contributed by atoms with Crippen LogP contribution in [0.15, 0.2) is 61.3 Å². The maximum absolute atomic E-state index is 13.0. The van der Waals surface area contributed by atoms with Gasteiger partial charge in [-0.2, -0.15) is 0 Å². The lowest BCUT2D eigenvalue weighted by molar-refractivity contribution is 0.414. The molecule has 0 atom stereocenters. The first kappa shape index (κ1) is 21.6. The standard InChI is InChI=1S/C23H22BrN3O3S/c1-13(2)27-22(28)16-7-5-6-8-18(16)26-23(27)31-12-19-14(3)30-21(25-19)17-11-15(24)9-10-20(17)29-4/h5-11,13H,12H2,1-4H3. The molecule has 0 unspecified atom stereocenters. The summed E-state index contributed by atoms with van der Waals surface area (Å²) in [6.07, 6.45) is 0. The predicted molar refractivity (Wildman–Crippen MR) is 127 cm³/mol. The van der Waals surface area contributed by atoms with Gasteiger partial charge in [-0.1, -0.05) is 39.8 Å². The van der Waals surface area contributed by atoms with Crippen LogP contribution in [-0.2, 0) is 5.75 Å². The van der Waals surface area contributed by atoms with Gasteiger partial charge >= 0.3 is 0 Å². The van der Waals surface area contributed by atoms with E-state index in [1.807, 2.05) is 63.2 Å². The zero-order valence-electron chi connectivity index (χ0n) is 17.7. The molecule has 160 valence electrons. The van der Waals surface area contributed by atoms with E-state index in [1.54, 1.807) is 11.7 Å². The fourth-order valence-corrected chi connectivity index (χ4v) is 4.83. The Morgan fingerprint density at radius 3 is 2.71 bits per heavy atom. The highest BCUT2D eigenvalue weighted by atomic mass is 79.9. The Hall–Kier alpha value is -2.58. The molecule has 2 heterocycles. The molecule has 4 rings (SSSR count). The summed E-state index contributed by atoms with van der Waals surface area (Å²) in [7, 11) is 1.62. The highest BCUT2D eigenvalue weighted by molar-refractivity contribution is 9.10. The van der Waals surface area contributed by atoms with E-state index >= 15 is 0 Å². The average Bonchev–Trinajstić information content (AvgIpc) is 3.12. The van der Waals surface area contributed by atoms with Crippen molar-refractivity contribution in [2.75, 3.05) is 7.11 Å². The summed E-state index contributed by atoms with van der Waals surface area (Å²) in [6, 6.07) is 13.1. The molecule has 0 saturated heterocycles. The minimum absolute atomic E-state index is 0.00740. The fraction of sp³-hybridized carbons (Fsp3) is 0.261. The van der Waals surface area contributed by atoms with E-state index in [9.17, 15) is 4.79 Å². The van der Waals surface area contributed by atoms with E-state index in [-0.39, 0.29) is 11.6 Å². The van der Waals surface area contributed by atoms with Crippen molar-refractivity contribution in [1.29, 1.82) is 0 Å². The maximum atomic E-state index is 13.0. The van der Waals surface area contributed by atoms with Crippen LogP contribution in [-0.4, -0.2) is 21.6 Å². The van der Waals surface area contributed by atoms with Crippen LogP contribution in [0.2, 0.25) is 0 Å². The third kappa shape index (κ3) is 4.27. The van der Waals surface area contributed by atoms with Gasteiger partial charge in [0.05, 0.1) is 29.3 Å². The van der Waals surface area contributed by atoms with Gasteiger partial charge in [0.1, 0.15) is 11.5 Å². The monoisotopic (exact) mass is 499 g/mol. The Bertz CT molecular complexity index is 1310. The largest absolute Gasteiger partial charge is 0.496 e. The second-order valence-electron chi connectivity index (χ2n) is 7.34. The van der Waals surface area contributed by atoms with Gasteiger partial charge in [0.2, 0.25) is 5.89 Å². The van der Waals surface area contributed by atoms with Gasteiger partial charge < -0.3 is 9.15 Å². The lowest BCUT2D eigenvalue weighted by Crippen LogP contribution is -2.25. The van der Waals surface area contributed by atoms with E-state index in [0.717, 1.165) is 21.5 Å². The summed E-state index contributed by atoms with van der Waals surface area (Å²) in [5.41, 5.74) is 2.25. The normalized spacial score (nSPS) is 11.4. The van der Waals surface area contributed by atoms with Crippen LogP contribution in [0.5, 0.6) is 5.75 Å². The minimum Gasteiger partial charge on any atom is -0.496 e. The number of para-hydroxylation sites is 1. The SMILES string of the molecule is COc1ccc(Br)cc1-c1nc(CSc2nc3ccccc3c(=O)n2C(C)C)c(C)o1. The van der Waals surface area contributed by atoms with Crippen molar-refractivity contribution in [2.24, 2.45) is 0 Å². The van der Waals surface area contributed by atoms with Crippen LogP contribution >= 0.6 is 27.7 Å². The van der Waals surface area contributed by atoms with E-state index < -0.39 is 0 Å². The van der Waals surface area contributed by atoms with Crippen LogP contribution in [0.25, 0.3) is 22.4 Å². The van der Waals surface area contributed by atoms with Gasteiger partial charge in [-0.15, -0.1) is 0 Å². The van der Waals surface area contributed by atoms with E-state index in [2.05, 4.69) is 15.9 Å². The summed E-state index contributed by atoms with van der Waals surface area (Å²) in [4.78, 5) is 22.5. The molecule has 0 aliphatic carbocycles. The molecule has 0 bridgehead atoms. The number of aromatic nitrogens is 3. The van der Waals surface area contributed by atoms with Crippen molar-refractivity contribution in [1.82, 2.24) is 14.5 Å². The molecule has 0 N–H and O–H groups in total.